The van der Waals surface area contributed by atoms with Crippen molar-refractivity contribution in [2.45, 2.75) is 32.2 Å². The van der Waals surface area contributed by atoms with Crippen LogP contribution in [0.1, 0.15) is 32.3 Å². The van der Waals surface area contributed by atoms with Gasteiger partial charge in [-0.25, -0.2) is 4.79 Å². The first kappa shape index (κ1) is 18.0. The number of benzene rings is 1. The van der Waals surface area contributed by atoms with Crippen LogP contribution >= 0.6 is 0 Å². The zero-order valence-electron chi connectivity index (χ0n) is 14.9. The lowest BCUT2D eigenvalue weighted by Gasteiger charge is -2.25. The number of nitrogens with zero attached hydrogens (tertiary/aromatic N) is 1. The van der Waals surface area contributed by atoms with Crippen LogP contribution in [-0.2, 0) is 19.9 Å². The largest absolute Gasteiger partial charge is 0.486 e. The average molecular weight is 362 g/mol. The Labute approximate surface area is 151 Å². The number of esters is 1. The van der Waals surface area contributed by atoms with Crippen LogP contribution in [0.25, 0.3) is 0 Å². The van der Waals surface area contributed by atoms with Crippen molar-refractivity contribution >= 4 is 17.9 Å². The number of hydrogen-bond donors (Lipinski definition) is 1. The van der Waals surface area contributed by atoms with Gasteiger partial charge in [0.2, 0.25) is 0 Å². The molecule has 140 valence electrons. The quantitative estimate of drug-likeness (QED) is 0.469. The van der Waals surface area contributed by atoms with Crippen LogP contribution in [0.5, 0.6) is 11.5 Å². The van der Waals surface area contributed by atoms with Crippen molar-refractivity contribution in [1.82, 2.24) is 10.2 Å². The molecule has 2 aliphatic heterocycles. The van der Waals surface area contributed by atoms with E-state index >= 15 is 0 Å². The molecule has 3 amide bonds. The number of hydrogen-bond acceptors (Lipinski definition) is 6. The zero-order valence-corrected chi connectivity index (χ0v) is 14.9. The number of carbonyl (C=O) groups excluding carboxylic acids is 3. The van der Waals surface area contributed by atoms with E-state index in [-0.39, 0.29) is 6.61 Å². The van der Waals surface area contributed by atoms with E-state index in [9.17, 15) is 14.4 Å². The summed E-state index contributed by atoms with van der Waals surface area (Å²) in [7, 11) is 0. The Morgan fingerprint density at radius 1 is 1.27 bits per heavy atom. The molecular formula is C18H22N2O6. The van der Waals surface area contributed by atoms with E-state index in [0.29, 0.717) is 30.3 Å². The molecule has 0 spiro atoms. The van der Waals surface area contributed by atoms with Crippen LogP contribution in [0.3, 0.4) is 0 Å². The number of amides is 3. The van der Waals surface area contributed by atoms with Gasteiger partial charge in [0.05, 0.1) is 6.61 Å². The number of nitrogens with one attached hydrogen (secondary N) is 1. The Balaban J connectivity index is 1.75. The molecule has 2 heterocycles. The second kappa shape index (κ2) is 7.23. The molecule has 0 aromatic heterocycles. The number of rotatable bonds is 6. The second-order valence-electron chi connectivity index (χ2n) is 6.38. The van der Waals surface area contributed by atoms with Crippen molar-refractivity contribution in [3.8, 4) is 11.5 Å². The number of imide groups is 1. The molecule has 8 heteroatoms. The van der Waals surface area contributed by atoms with Crippen LogP contribution in [-0.4, -0.2) is 49.2 Å². The van der Waals surface area contributed by atoms with Gasteiger partial charge in [0.15, 0.2) is 11.5 Å². The SMILES string of the molecule is CCCCOC(=O)CN1C(=O)N[C@@](C)(c2ccc3c(c2)OCCO3)C1=O. The third-order valence-corrected chi connectivity index (χ3v) is 4.44. The summed E-state index contributed by atoms with van der Waals surface area (Å²) in [5.41, 5.74) is -0.724. The first-order chi connectivity index (χ1) is 12.5. The summed E-state index contributed by atoms with van der Waals surface area (Å²) in [5.74, 6) is 0.00572. The van der Waals surface area contributed by atoms with E-state index < -0.39 is 30.0 Å². The van der Waals surface area contributed by atoms with Gasteiger partial charge in [-0.05, 0) is 31.0 Å². The maximum atomic E-state index is 12.8. The summed E-state index contributed by atoms with van der Waals surface area (Å²) >= 11 is 0. The van der Waals surface area contributed by atoms with Crippen LogP contribution in [0.4, 0.5) is 4.79 Å². The van der Waals surface area contributed by atoms with E-state index in [1.807, 2.05) is 6.92 Å². The summed E-state index contributed by atoms with van der Waals surface area (Å²) in [4.78, 5) is 37.8. The van der Waals surface area contributed by atoms with Gasteiger partial charge >= 0.3 is 12.0 Å². The number of carbonyl (C=O) groups is 3. The third kappa shape index (κ3) is 3.31. The van der Waals surface area contributed by atoms with Crippen molar-refractivity contribution in [2.24, 2.45) is 0 Å². The Hall–Kier alpha value is -2.77. The summed E-state index contributed by atoms with van der Waals surface area (Å²) in [5, 5.41) is 2.66. The lowest BCUT2D eigenvalue weighted by molar-refractivity contribution is -0.147. The minimum atomic E-state index is -1.28. The highest BCUT2D eigenvalue weighted by Gasteiger charge is 2.50. The number of urea groups is 1. The Morgan fingerprint density at radius 3 is 2.73 bits per heavy atom. The van der Waals surface area contributed by atoms with Gasteiger partial charge in [0, 0.05) is 0 Å². The van der Waals surface area contributed by atoms with Gasteiger partial charge in [-0.1, -0.05) is 19.4 Å². The van der Waals surface area contributed by atoms with Crippen LogP contribution in [0.15, 0.2) is 18.2 Å². The molecule has 1 saturated heterocycles. The van der Waals surface area contributed by atoms with Gasteiger partial charge in [0.25, 0.3) is 5.91 Å². The molecule has 26 heavy (non-hydrogen) atoms. The van der Waals surface area contributed by atoms with Crippen molar-refractivity contribution in [2.75, 3.05) is 26.4 Å². The Kier molecular flexibility index (Phi) is 5.01. The average Bonchev–Trinajstić information content (AvgIpc) is 2.85. The summed E-state index contributed by atoms with van der Waals surface area (Å²) in [6, 6.07) is 4.46. The molecule has 0 unspecified atom stereocenters. The fraction of sp³-hybridized carbons (Fsp3) is 0.500. The van der Waals surface area contributed by atoms with Crippen molar-refractivity contribution in [3.05, 3.63) is 23.8 Å². The lowest BCUT2D eigenvalue weighted by atomic mass is 9.91. The van der Waals surface area contributed by atoms with E-state index in [2.05, 4.69) is 5.32 Å². The maximum absolute atomic E-state index is 12.8. The van der Waals surface area contributed by atoms with Crippen LogP contribution < -0.4 is 14.8 Å². The standard InChI is InChI=1S/C18H22N2O6/c1-3-4-7-26-15(21)11-20-16(22)18(2,19-17(20)23)12-5-6-13-14(10-12)25-9-8-24-13/h5-6,10H,3-4,7-9,11H2,1-2H3,(H,19,23)/t18-/m0/s1. The van der Waals surface area contributed by atoms with E-state index in [1.54, 1.807) is 25.1 Å². The molecule has 1 aromatic rings. The van der Waals surface area contributed by atoms with Gasteiger partial charge in [-0.2, -0.15) is 0 Å². The van der Waals surface area contributed by atoms with Crippen LogP contribution in [0, 0.1) is 0 Å². The zero-order chi connectivity index (χ0) is 18.7. The summed E-state index contributed by atoms with van der Waals surface area (Å²) in [6.07, 6.45) is 1.62. The molecule has 1 aromatic carbocycles. The fourth-order valence-corrected chi connectivity index (χ4v) is 2.90. The Bertz CT molecular complexity index is 734. The molecule has 2 aliphatic rings. The topological polar surface area (TPSA) is 94.2 Å². The maximum Gasteiger partial charge on any atom is 0.326 e. The Morgan fingerprint density at radius 2 is 2.00 bits per heavy atom. The molecule has 1 fully saturated rings. The summed E-state index contributed by atoms with van der Waals surface area (Å²) < 4.78 is 16.1. The molecule has 8 nitrogen and oxygen atoms in total. The number of ether oxygens (including phenoxy) is 3. The molecule has 0 aliphatic carbocycles. The third-order valence-electron chi connectivity index (χ3n) is 4.44. The smallest absolute Gasteiger partial charge is 0.326 e. The molecule has 3 rings (SSSR count). The van der Waals surface area contributed by atoms with Gasteiger partial charge < -0.3 is 19.5 Å². The molecule has 0 bridgehead atoms. The highest BCUT2D eigenvalue weighted by Crippen LogP contribution is 2.36. The first-order valence-corrected chi connectivity index (χ1v) is 8.65. The van der Waals surface area contributed by atoms with Gasteiger partial charge in [0.1, 0.15) is 25.3 Å². The first-order valence-electron chi connectivity index (χ1n) is 8.65. The number of unbranched alkanes of at least 4 members (excludes halogenated alkanes) is 1. The normalized spacial score (nSPS) is 21.5. The predicted octanol–water partition coefficient (Wildman–Crippen LogP) is 1.57. The summed E-state index contributed by atoms with van der Waals surface area (Å²) in [6.45, 7) is 4.33. The predicted molar refractivity (Wildman–Crippen MR) is 90.9 cm³/mol. The van der Waals surface area contributed by atoms with Crippen molar-refractivity contribution < 1.29 is 28.6 Å². The molecule has 1 N–H and O–H groups in total. The van der Waals surface area contributed by atoms with E-state index in [1.165, 1.54) is 0 Å². The highest BCUT2D eigenvalue weighted by atomic mass is 16.6. The van der Waals surface area contributed by atoms with Crippen LogP contribution in [0.2, 0.25) is 0 Å². The highest BCUT2D eigenvalue weighted by molar-refractivity contribution is 6.08. The number of fused-ring (bicyclic) bond motifs is 1. The monoisotopic (exact) mass is 362 g/mol. The molecular weight excluding hydrogens is 340 g/mol. The second-order valence-corrected chi connectivity index (χ2v) is 6.38. The van der Waals surface area contributed by atoms with E-state index in [0.717, 1.165) is 17.7 Å². The minimum Gasteiger partial charge on any atom is -0.486 e. The molecule has 0 saturated carbocycles. The fourth-order valence-electron chi connectivity index (χ4n) is 2.90. The lowest BCUT2D eigenvalue weighted by Crippen LogP contribution is -2.41. The minimum absolute atomic E-state index is 0.276. The van der Waals surface area contributed by atoms with Crippen molar-refractivity contribution in [3.63, 3.8) is 0 Å². The molecule has 0 radical (unpaired) electrons. The van der Waals surface area contributed by atoms with Gasteiger partial charge in [-0.3, -0.25) is 14.5 Å². The van der Waals surface area contributed by atoms with Crippen molar-refractivity contribution in [1.29, 1.82) is 0 Å². The molecule has 1 atom stereocenters. The van der Waals surface area contributed by atoms with Gasteiger partial charge in [-0.15, -0.1) is 0 Å². The van der Waals surface area contributed by atoms with E-state index in [4.69, 9.17) is 14.2 Å².